The van der Waals surface area contributed by atoms with Crippen molar-refractivity contribution in [3.63, 3.8) is 0 Å². The predicted molar refractivity (Wildman–Crippen MR) is 89.4 cm³/mol. The summed E-state index contributed by atoms with van der Waals surface area (Å²) in [5.41, 5.74) is 4.03. The molecule has 2 heterocycles. The Bertz CT molecular complexity index is 841. The van der Waals surface area contributed by atoms with Gasteiger partial charge in [-0.25, -0.2) is 0 Å². The van der Waals surface area contributed by atoms with Crippen molar-refractivity contribution in [3.05, 3.63) is 59.7 Å². The van der Waals surface area contributed by atoms with Crippen molar-refractivity contribution in [3.8, 4) is 0 Å². The molecular weight excluding hydrogens is 304 g/mol. The molecule has 6 heteroatoms. The molecule has 1 aliphatic heterocycles. The highest BCUT2D eigenvalue weighted by Gasteiger charge is 2.21. The molecular formula is C18H18N4O2. The highest BCUT2D eigenvalue weighted by atomic mass is 16.5. The van der Waals surface area contributed by atoms with Crippen molar-refractivity contribution in [2.24, 2.45) is 0 Å². The van der Waals surface area contributed by atoms with E-state index in [1.807, 2.05) is 36.4 Å². The van der Waals surface area contributed by atoms with E-state index in [9.17, 15) is 4.79 Å². The maximum atomic E-state index is 12.2. The van der Waals surface area contributed by atoms with Crippen LogP contribution in [0.5, 0.6) is 0 Å². The van der Waals surface area contributed by atoms with E-state index in [-0.39, 0.29) is 18.6 Å². The minimum Gasteiger partial charge on any atom is -0.371 e. The van der Waals surface area contributed by atoms with Crippen LogP contribution in [0.25, 0.3) is 11.0 Å². The molecule has 1 amide bonds. The Kier molecular flexibility index (Phi) is 3.96. The second kappa shape index (κ2) is 6.41. The average molecular weight is 322 g/mol. The number of benzene rings is 2. The highest BCUT2D eigenvalue weighted by Crippen LogP contribution is 2.26. The zero-order valence-electron chi connectivity index (χ0n) is 13.2. The molecule has 4 rings (SSSR count). The minimum atomic E-state index is -0.123. The number of amides is 1. The summed E-state index contributed by atoms with van der Waals surface area (Å²) < 4.78 is 5.80. The number of hydrogen-bond acceptors (Lipinski definition) is 4. The van der Waals surface area contributed by atoms with E-state index in [0.29, 0.717) is 13.2 Å². The summed E-state index contributed by atoms with van der Waals surface area (Å²) in [6.45, 7) is 1.24. The van der Waals surface area contributed by atoms with Crippen molar-refractivity contribution in [1.29, 1.82) is 0 Å². The van der Waals surface area contributed by atoms with Gasteiger partial charge in [-0.2, -0.15) is 15.0 Å². The van der Waals surface area contributed by atoms with Crippen LogP contribution in [0.4, 0.5) is 0 Å². The van der Waals surface area contributed by atoms with Crippen LogP contribution in [0.15, 0.2) is 48.5 Å². The lowest BCUT2D eigenvalue weighted by atomic mass is 9.97. The Morgan fingerprint density at radius 3 is 2.62 bits per heavy atom. The van der Waals surface area contributed by atoms with Crippen molar-refractivity contribution in [1.82, 2.24) is 20.3 Å². The monoisotopic (exact) mass is 322 g/mol. The molecule has 0 aliphatic carbocycles. The van der Waals surface area contributed by atoms with Crippen LogP contribution < -0.4 is 5.32 Å². The normalized spacial score (nSPS) is 16.8. The summed E-state index contributed by atoms with van der Waals surface area (Å²) in [5, 5.41) is 11.5. The first kappa shape index (κ1) is 14.8. The van der Waals surface area contributed by atoms with Crippen LogP contribution >= 0.6 is 0 Å². The molecule has 1 N–H and O–H groups in total. The SMILES string of the molecule is O=C(Cn1nc2ccccc2n1)NCC1OCCc2ccccc21. The molecule has 1 aliphatic rings. The van der Waals surface area contributed by atoms with Gasteiger partial charge in [-0.05, 0) is 29.7 Å². The van der Waals surface area contributed by atoms with Gasteiger partial charge in [0.2, 0.25) is 5.91 Å². The molecule has 122 valence electrons. The van der Waals surface area contributed by atoms with Gasteiger partial charge in [0, 0.05) is 6.54 Å². The number of fused-ring (bicyclic) bond motifs is 2. The third-order valence-corrected chi connectivity index (χ3v) is 4.19. The lowest BCUT2D eigenvalue weighted by Crippen LogP contribution is -2.34. The van der Waals surface area contributed by atoms with Crippen LogP contribution in [-0.4, -0.2) is 34.1 Å². The van der Waals surface area contributed by atoms with E-state index in [1.54, 1.807) is 0 Å². The van der Waals surface area contributed by atoms with Crippen molar-refractivity contribution in [2.45, 2.75) is 19.1 Å². The Morgan fingerprint density at radius 1 is 1.12 bits per heavy atom. The van der Waals surface area contributed by atoms with Crippen molar-refractivity contribution < 1.29 is 9.53 Å². The first-order valence-corrected chi connectivity index (χ1v) is 8.05. The molecule has 2 aromatic carbocycles. The van der Waals surface area contributed by atoms with Crippen LogP contribution in [-0.2, 0) is 22.5 Å². The van der Waals surface area contributed by atoms with E-state index in [1.165, 1.54) is 10.4 Å². The standard InChI is InChI=1S/C18H18N4O2/c23-18(12-22-20-15-7-3-4-8-16(15)21-22)19-11-17-14-6-2-1-5-13(14)9-10-24-17/h1-8,17H,9-12H2,(H,19,23). The van der Waals surface area contributed by atoms with Gasteiger partial charge in [0.1, 0.15) is 23.7 Å². The van der Waals surface area contributed by atoms with Gasteiger partial charge in [-0.1, -0.05) is 36.4 Å². The van der Waals surface area contributed by atoms with Crippen molar-refractivity contribution in [2.75, 3.05) is 13.2 Å². The zero-order valence-corrected chi connectivity index (χ0v) is 13.2. The number of nitrogens with one attached hydrogen (secondary N) is 1. The Morgan fingerprint density at radius 2 is 1.83 bits per heavy atom. The van der Waals surface area contributed by atoms with Gasteiger partial charge in [-0.3, -0.25) is 4.79 Å². The Balaban J connectivity index is 1.39. The Labute approximate surface area is 139 Å². The van der Waals surface area contributed by atoms with E-state index >= 15 is 0 Å². The molecule has 0 bridgehead atoms. The summed E-state index contributed by atoms with van der Waals surface area (Å²) in [6.07, 6.45) is 0.827. The third-order valence-electron chi connectivity index (χ3n) is 4.19. The molecule has 6 nitrogen and oxygen atoms in total. The summed E-state index contributed by atoms with van der Waals surface area (Å²) in [6, 6.07) is 15.8. The van der Waals surface area contributed by atoms with E-state index < -0.39 is 0 Å². The van der Waals surface area contributed by atoms with Gasteiger partial charge >= 0.3 is 0 Å². The molecule has 24 heavy (non-hydrogen) atoms. The number of nitrogens with zero attached hydrogens (tertiary/aromatic N) is 3. The second-order valence-electron chi connectivity index (χ2n) is 5.83. The van der Waals surface area contributed by atoms with Crippen LogP contribution in [0.1, 0.15) is 17.2 Å². The topological polar surface area (TPSA) is 69.0 Å². The molecule has 0 spiro atoms. The Hall–Kier alpha value is -2.73. The second-order valence-corrected chi connectivity index (χ2v) is 5.83. The van der Waals surface area contributed by atoms with Gasteiger partial charge in [0.05, 0.1) is 6.61 Å². The number of hydrogen-bond donors (Lipinski definition) is 1. The summed E-state index contributed by atoms with van der Waals surface area (Å²) in [4.78, 5) is 13.6. The van der Waals surface area contributed by atoms with Crippen LogP contribution in [0.3, 0.4) is 0 Å². The fourth-order valence-corrected chi connectivity index (χ4v) is 3.01. The lowest BCUT2D eigenvalue weighted by molar-refractivity contribution is -0.122. The number of carbonyl (C=O) groups is 1. The van der Waals surface area contributed by atoms with Gasteiger partial charge in [0.25, 0.3) is 0 Å². The van der Waals surface area contributed by atoms with E-state index in [0.717, 1.165) is 23.0 Å². The van der Waals surface area contributed by atoms with E-state index in [4.69, 9.17) is 4.74 Å². The van der Waals surface area contributed by atoms with Crippen LogP contribution in [0, 0.1) is 0 Å². The van der Waals surface area contributed by atoms with Crippen LogP contribution in [0.2, 0.25) is 0 Å². The zero-order chi connectivity index (χ0) is 16.4. The fraction of sp³-hybridized carbons (Fsp3) is 0.278. The largest absolute Gasteiger partial charge is 0.371 e. The van der Waals surface area contributed by atoms with Gasteiger partial charge in [0.15, 0.2) is 0 Å². The maximum absolute atomic E-state index is 12.2. The van der Waals surface area contributed by atoms with Gasteiger partial charge in [-0.15, -0.1) is 0 Å². The highest BCUT2D eigenvalue weighted by molar-refractivity contribution is 5.77. The number of aromatic nitrogens is 3. The molecule has 0 fully saturated rings. The minimum absolute atomic E-state index is 0.0939. The first-order valence-electron chi connectivity index (χ1n) is 8.05. The molecule has 1 atom stereocenters. The summed E-state index contributed by atoms with van der Waals surface area (Å²) in [7, 11) is 0. The van der Waals surface area contributed by atoms with Gasteiger partial charge < -0.3 is 10.1 Å². The lowest BCUT2D eigenvalue weighted by Gasteiger charge is -2.26. The average Bonchev–Trinajstić information content (AvgIpc) is 3.02. The summed E-state index contributed by atoms with van der Waals surface area (Å²) in [5.74, 6) is -0.123. The third kappa shape index (κ3) is 3.00. The van der Waals surface area contributed by atoms with E-state index in [2.05, 4.69) is 27.6 Å². The molecule has 0 saturated carbocycles. The number of ether oxygens (including phenoxy) is 1. The molecule has 3 aromatic rings. The maximum Gasteiger partial charge on any atom is 0.243 e. The van der Waals surface area contributed by atoms with Crippen molar-refractivity contribution >= 4 is 16.9 Å². The number of rotatable bonds is 4. The molecule has 0 saturated heterocycles. The smallest absolute Gasteiger partial charge is 0.243 e. The molecule has 1 unspecified atom stereocenters. The predicted octanol–water partition coefficient (Wildman–Crippen LogP) is 1.86. The quantitative estimate of drug-likeness (QED) is 0.796. The molecule has 1 aromatic heterocycles. The molecule has 0 radical (unpaired) electrons. The summed E-state index contributed by atoms with van der Waals surface area (Å²) >= 11 is 0. The fourth-order valence-electron chi connectivity index (χ4n) is 3.01. The number of carbonyl (C=O) groups excluding carboxylic acids is 1. The first-order chi connectivity index (χ1) is 11.8.